The fourth-order valence-electron chi connectivity index (χ4n) is 5.08. The van der Waals surface area contributed by atoms with E-state index < -0.39 is 0 Å². The van der Waals surface area contributed by atoms with Gasteiger partial charge in [0.1, 0.15) is 0 Å². The third kappa shape index (κ3) is 5.96. The maximum atomic E-state index is 12.6. The summed E-state index contributed by atoms with van der Waals surface area (Å²) in [5, 5.41) is 0. The Morgan fingerprint density at radius 1 is 0.935 bits per heavy atom. The molecule has 0 spiro atoms. The van der Waals surface area contributed by atoms with Crippen LogP contribution in [0.2, 0.25) is 0 Å². The van der Waals surface area contributed by atoms with Crippen molar-refractivity contribution in [3.05, 3.63) is 71.3 Å². The topological polar surface area (TPSA) is 26.8 Å². The molecule has 4 heteroatoms. The zero-order chi connectivity index (χ0) is 21.5. The first-order valence-corrected chi connectivity index (χ1v) is 12.1. The zero-order valence-corrected chi connectivity index (χ0v) is 19.0. The zero-order valence-electron chi connectivity index (χ0n) is 19.0. The minimum atomic E-state index is 0.193. The predicted octanol–water partition coefficient (Wildman–Crippen LogP) is 4.80. The van der Waals surface area contributed by atoms with E-state index in [1.807, 2.05) is 17.0 Å². The van der Waals surface area contributed by atoms with E-state index in [4.69, 9.17) is 0 Å². The molecule has 0 radical (unpaired) electrons. The second-order valence-electron chi connectivity index (χ2n) is 9.18. The minimum absolute atomic E-state index is 0.193. The van der Waals surface area contributed by atoms with Gasteiger partial charge in [0.25, 0.3) is 5.91 Å². The number of carbonyl (C=O) groups is 1. The molecule has 166 valence electrons. The highest BCUT2D eigenvalue weighted by molar-refractivity contribution is 5.94. The normalized spacial score (nSPS) is 19.8. The molecule has 1 atom stereocenters. The van der Waals surface area contributed by atoms with Crippen molar-refractivity contribution in [2.75, 3.05) is 32.7 Å². The molecule has 0 aliphatic carbocycles. The van der Waals surface area contributed by atoms with Crippen LogP contribution in [0.4, 0.5) is 0 Å². The minimum Gasteiger partial charge on any atom is -0.339 e. The third-order valence-corrected chi connectivity index (χ3v) is 6.74. The smallest absolute Gasteiger partial charge is 0.253 e. The Kier molecular flexibility index (Phi) is 7.76. The van der Waals surface area contributed by atoms with Crippen LogP contribution in [0.3, 0.4) is 0 Å². The molecule has 4 rings (SSSR count). The van der Waals surface area contributed by atoms with Gasteiger partial charge in [-0.2, -0.15) is 0 Å². The number of hydrogen-bond donors (Lipinski definition) is 0. The number of benzene rings is 2. The molecule has 2 saturated heterocycles. The highest BCUT2D eigenvalue weighted by Gasteiger charge is 2.25. The average Bonchev–Trinajstić information content (AvgIpc) is 3.35. The van der Waals surface area contributed by atoms with Crippen molar-refractivity contribution in [2.24, 2.45) is 0 Å². The van der Waals surface area contributed by atoms with Crippen LogP contribution in [0.5, 0.6) is 0 Å². The monoisotopic (exact) mass is 419 g/mol. The number of hydrogen-bond acceptors (Lipinski definition) is 3. The van der Waals surface area contributed by atoms with Gasteiger partial charge >= 0.3 is 0 Å². The van der Waals surface area contributed by atoms with Crippen molar-refractivity contribution in [2.45, 2.75) is 58.2 Å². The first-order valence-electron chi connectivity index (χ1n) is 12.1. The Labute approximate surface area is 187 Å². The van der Waals surface area contributed by atoms with E-state index in [0.29, 0.717) is 6.04 Å². The molecule has 0 aromatic heterocycles. The summed E-state index contributed by atoms with van der Waals surface area (Å²) in [7, 11) is 0. The van der Waals surface area contributed by atoms with Crippen LogP contribution in [0.25, 0.3) is 0 Å². The quantitative estimate of drug-likeness (QED) is 0.615. The van der Waals surface area contributed by atoms with Gasteiger partial charge < -0.3 is 4.90 Å². The van der Waals surface area contributed by atoms with E-state index in [1.54, 1.807) is 0 Å². The Morgan fingerprint density at radius 3 is 2.39 bits per heavy atom. The summed E-state index contributed by atoms with van der Waals surface area (Å²) in [6.45, 7) is 9.56. The Hall–Kier alpha value is -2.17. The molecule has 0 saturated carbocycles. The van der Waals surface area contributed by atoms with Gasteiger partial charge in [0.15, 0.2) is 0 Å². The predicted molar refractivity (Wildman–Crippen MR) is 127 cm³/mol. The third-order valence-electron chi connectivity index (χ3n) is 6.74. The van der Waals surface area contributed by atoms with Gasteiger partial charge in [-0.3, -0.25) is 14.6 Å². The number of carbonyl (C=O) groups excluding carboxylic acids is 1. The van der Waals surface area contributed by atoms with Gasteiger partial charge in [0, 0.05) is 44.3 Å². The molecule has 4 nitrogen and oxygen atoms in total. The Balaban J connectivity index is 1.37. The van der Waals surface area contributed by atoms with Gasteiger partial charge in [-0.1, -0.05) is 49.4 Å². The van der Waals surface area contributed by atoms with Crippen molar-refractivity contribution in [3.63, 3.8) is 0 Å². The highest BCUT2D eigenvalue weighted by Crippen LogP contribution is 2.21. The standard InChI is InChI=1S/C27H37N3O/c1-2-16-30(26-11-8-17-28(22-26)20-23-9-4-3-5-10-23)21-24-12-14-25(15-13-24)27(31)29-18-6-7-19-29/h3-5,9-10,12-15,26H,2,6-8,11,16-22H2,1H3. The molecular formula is C27H37N3O. The summed E-state index contributed by atoms with van der Waals surface area (Å²) in [5.41, 5.74) is 3.55. The number of likely N-dealkylation sites (tertiary alicyclic amines) is 2. The van der Waals surface area contributed by atoms with E-state index >= 15 is 0 Å². The van der Waals surface area contributed by atoms with Crippen molar-refractivity contribution in [3.8, 4) is 0 Å². The van der Waals surface area contributed by atoms with Gasteiger partial charge in [-0.05, 0) is 68.5 Å². The molecule has 1 unspecified atom stereocenters. The lowest BCUT2D eigenvalue weighted by molar-refractivity contribution is 0.0792. The lowest BCUT2D eigenvalue weighted by Gasteiger charge is -2.39. The molecule has 2 aromatic rings. The van der Waals surface area contributed by atoms with Gasteiger partial charge in [0.2, 0.25) is 0 Å². The van der Waals surface area contributed by atoms with E-state index in [0.717, 1.165) is 57.7 Å². The van der Waals surface area contributed by atoms with Crippen molar-refractivity contribution < 1.29 is 4.79 Å². The van der Waals surface area contributed by atoms with Gasteiger partial charge in [0.05, 0.1) is 0 Å². The van der Waals surface area contributed by atoms with Crippen molar-refractivity contribution in [1.82, 2.24) is 14.7 Å². The fraction of sp³-hybridized carbons (Fsp3) is 0.519. The average molecular weight is 420 g/mol. The number of amides is 1. The second kappa shape index (κ2) is 10.9. The lowest BCUT2D eigenvalue weighted by atomic mass is 10.0. The number of nitrogens with zero attached hydrogens (tertiary/aromatic N) is 3. The second-order valence-corrected chi connectivity index (χ2v) is 9.18. The highest BCUT2D eigenvalue weighted by atomic mass is 16.2. The molecule has 2 aliphatic heterocycles. The summed E-state index contributed by atoms with van der Waals surface area (Å²) < 4.78 is 0. The van der Waals surface area contributed by atoms with E-state index in [9.17, 15) is 4.79 Å². The molecule has 31 heavy (non-hydrogen) atoms. The molecule has 2 aliphatic rings. The largest absolute Gasteiger partial charge is 0.339 e. The summed E-state index contributed by atoms with van der Waals surface area (Å²) in [5.74, 6) is 0.193. The molecule has 2 fully saturated rings. The van der Waals surface area contributed by atoms with Gasteiger partial charge in [-0.25, -0.2) is 0 Å². The molecule has 0 bridgehead atoms. The van der Waals surface area contributed by atoms with Crippen LogP contribution < -0.4 is 0 Å². The van der Waals surface area contributed by atoms with E-state index in [1.165, 1.54) is 36.9 Å². The lowest BCUT2D eigenvalue weighted by Crippen LogP contribution is -2.47. The first-order chi connectivity index (χ1) is 15.2. The SMILES string of the molecule is CCCN(Cc1ccc(C(=O)N2CCCC2)cc1)C1CCCN(Cc2ccccc2)C1. The Morgan fingerprint density at radius 2 is 1.68 bits per heavy atom. The van der Waals surface area contributed by atoms with Crippen LogP contribution in [0.15, 0.2) is 54.6 Å². The van der Waals surface area contributed by atoms with E-state index in [2.05, 4.69) is 59.2 Å². The Bertz CT molecular complexity index is 814. The number of piperidine rings is 1. The summed E-state index contributed by atoms with van der Waals surface area (Å²) in [6, 6.07) is 19.8. The van der Waals surface area contributed by atoms with Crippen LogP contribution in [-0.4, -0.2) is 59.4 Å². The van der Waals surface area contributed by atoms with E-state index in [-0.39, 0.29) is 5.91 Å². The maximum Gasteiger partial charge on any atom is 0.253 e. The molecular weight excluding hydrogens is 382 g/mol. The van der Waals surface area contributed by atoms with Crippen LogP contribution in [0, 0.1) is 0 Å². The maximum absolute atomic E-state index is 12.6. The summed E-state index contributed by atoms with van der Waals surface area (Å²) >= 11 is 0. The molecule has 1 amide bonds. The first kappa shape index (κ1) is 22.0. The van der Waals surface area contributed by atoms with Crippen LogP contribution in [0.1, 0.15) is 60.5 Å². The fourth-order valence-corrected chi connectivity index (χ4v) is 5.08. The summed E-state index contributed by atoms with van der Waals surface area (Å²) in [6.07, 6.45) is 5.98. The molecule has 0 N–H and O–H groups in total. The van der Waals surface area contributed by atoms with Gasteiger partial charge in [-0.15, -0.1) is 0 Å². The van der Waals surface area contributed by atoms with Crippen molar-refractivity contribution >= 4 is 5.91 Å². The van der Waals surface area contributed by atoms with Crippen LogP contribution >= 0.6 is 0 Å². The molecule has 2 aromatic carbocycles. The van der Waals surface area contributed by atoms with Crippen LogP contribution in [-0.2, 0) is 13.1 Å². The van der Waals surface area contributed by atoms with Crippen molar-refractivity contribution in [1.29, 1.82) is 0 Å². The number of rotatable bonds is 8. The summed E-state index contributed by atoms with van der Waals surface area (Å²) in [4.78, 5) is 19.9. The molecule has 2 heterocycles.